The zero-order valence-corrected chi connectivity index (χ0v) is 14.4. The fourth-order valence-electron chi connectivity index (χ4n) is 2.00. The van der Waals surface area contributed by atoms with Gasteiger partial charge in [-0.2, -0.15) is 0 Å². The first-order valence-electron chi connectivity index (χ1n) is 7.06. The Bertz CT molecular complexity index is 589. The molecule has 2 aromatic carbocycles. The van der Waals surface area contributed by atoms with E-state index < -0.39 is 0 Å². The number of nitrogens with one attached hydrogen (secondary N) is 1. The highest BCUT2D eigenvalue weighted by Crippen LogP contribution is 2.25. The summed E-state index contributed by atoms with van der Waals surface area (Å²) >= 11 is 9.67. The molecule has 21 heavy (non-hydrogen) atoms. The predicted octanol–water partition coefficient (Wildman–Crippen LogP) is 5.18. The summed E-state index contributed by atoms with van der Waals surface area (Å²) in [6, 6.07) is 13.8. The molecule has 112 valence electrons. The van der Waals surface area contributed by atoms with Gasteiger partial charge in [-0.1, -0.05) is 52.7 Å². The van der Waals surface area contributed by atoms with Crippen molar-refractivity contribution >= 4 is 27.5 Å². The van der Waals surface area contributed by atoms with Crippen LogP contribution in [0, 0.1) is 0 Å². The SMILES string of the molecule is CCCNCc1cc(Br)ccc1OCc1ccccc1Cl. The number of hydrogen-bond acceptors (Lipinski definition) is 2. The van der Waals surface area contributed by atoms with Crippen molar-refractivity contribution in [2.45, 2.75) is 26.5 Å². The van der Waals surface area contributed by atoms with Crippen LogP contribution in [0.1, 0.15) is 24.5 Å². The molecule has 0 radical (unpaired) electrons. The molecule has 0 saturated heterocycles. The second-order valence-corrected chi connectivity index (χ2v) is 6.13. The lowest BCUT2D eigenvalue weighted by molar-refractivity contribution is 0.302. The van der Waals surface area contributed by atoms with E-state index >= 15 is 0 Å². The van der Waals surface area contributed by atoms with E-state index in [1.54, 1.807) is 0 Å². The lowest BCUT2D eigenvalue weighted by atomic mass is 10.2. The number of benzene rings is 2. The summed E-state index contributed by atoms with van der Waals surface area (Å²) in [7, 11) is 0. The van der Waals surface area contributed by atoms with Gasteiger partial charge in [0.1, 0.15) is 12.4 Å². The van der Waals surface area contributed by atoms with Crippen molar-refractivity contribution in [2.75, 3.05) is 6.54 Å². The Morgan fingerprint density at radius 2 is 1.95 bits per heavy atom. The average molecular weight is 369 g/mol. The van der Waals surface area contributed by atoms with E-state index in [9.17, 15) is 0 Å². The van der Waals surface area contributed by atoms with E-state index in [1.807, 2.05) is 36.4 Å². The highest BCUT2D eigenvalue weighted by Gasteiger charge is 2.06. The molecule has 0 fully saturated rings. The molecule has 0 aromatic heterocycles. The minimum atomic E-state index is 0.474. The van der Waals surface area contributed by atoms with Gasteiger partial charge in [-0.05, 0) is 37.2 Å². The zero-order valence-electron chi connectivity index (χ0n) is 12.0. The van der Waals surface area contributed by atoms with E-state index in [1.165, 1.54) is 0 Å². The summed E-state index contributed by atoms with van der Waals surface area (Å²) in [4.78, 5) is 0. The molecule has 0 aliphatic rings. The largest absolute Gasteiger partial charge is 0.489 e. The fourth-order valence-corrected chi connectivity index (χ4v) is 2.60. The quantitative estimate of drug-likeness (QED) is 0.680. The summed E-state index contributed by atoms with van der Waals surface area (Å²) in [5.41, 5.74) is 2.14. The normalized spacial score (nSPS) is 10.6. The van der Waals surface area contributed by atoms with Gasteiger partial charge in [0.2, 0.25) is 0 Å². The Labute approximate surface area is 139 Å². The summed E-state index contributed by atoms with van der Waals surface area (Å²) in [6.07, 6.45) is 1.11. The minimum Gasteiger partial charge on any atom is -0.489 e. The molecular weight excluding hydrogens is 350 g/mol. The van der Waals surface area contributed by atoms with Crippen LogP contribution in [0.2, 0.25) is 5.02 Å². The number of rotatable bonds is 7. The van der Waals surface area contributed by atoms with Crippen LogP contribution < -0.4 is 10.1 Å². The van der Waals surface area contributed by atoms with Crippen LogP contribution in [-0.4, -0.2) is 6.54 Å². The van der Waals surface area contributed by atoms with Gasteiger partial charge in [0.05, 0.1) is 0 Å². The third-order valence-electron chi connectivity index (χ3n) is 3.11. The molecular formula is C17H19BrClNO. The monoisotopic (exact) mass is 367 g/mol. The number of ether oxygens (including phenoxy) is 1. The van der Waals surface area contributed by atoms with Crippen molar-refractivity contribution in [1.82, 2.24) is 5.32 Å². The van der Waals surface area contributed by atoms with Gasteiger partial charge in [-0.25, -0.2) is 0 Å². The molecule has 4 heteroatoms. The molecule has 0 heterocycles. The summed E-state index contributed by atoms with van der Waals surface area (Å²) in [5, 5.41) is 4.14. The lowest BCUT2D eigenvalue weighted by Gasteiger charge is -2.13. The van der Waals surface area contributed by atoms with Gasteiger partial charge in [-0.15, -0.1) is 0 Å². The first-order valence-corrected chi connectivity index (χ1v) is 8.23. The molecule has 0 aliphatic carbocycles. The Balaban J connectivity index is 2.06. The van der Waals surface area contributed by atoms with Crippen molar-refractivity contribution in [3.05, 3.63) is 63.1 Å². The molecule has 2 nitrogen and oxygen atoms in total. The smallest absolute Gasteiger partial charge is 0.124 e. The van der Waals surface area contributed by atoms with E-state index in [0.717, 1.165) is 45.9 Å². The Kier molecular flexibility index (Phi) is 6.55. The Morgan fingerprint density at radius 1 is 1.14 bits per heavy atom. The molecule has 0 bridgehead atoms. The standard InChI is InChI=1S/C17H19BrClNO/c1-2-9-20-11-14-10-15(18)7-8-17(14)21-12-13-5-3-4-6-16(13)19/h3-8,10,20H,2,9,11-12H2,1H3. The van der Waals surface area contributed by atoms with Gasteiger partial charge in [0.15, 0.2) is 0 Å². The van der Waals surface area contributed by atoms with Crippen molar-refractivity contribution in [3.63, 3.8) is 0 Å². The maximum absolute atomic E-state index is 6.16. The van der Waals surface area contributed by atoms with Crippen molar-refractivity contribution in [2.24, 2.45) is 0 Å². The zero-order chi connectivity index (χ0) is 15.1. The van der Waals surface area contributed by atoms with Gasteiger partial charge < -0.3 is 10.1 Å². The van der Waals surface area contributed by atoms with Gasteiger partial charge in [0, 0.05) is 27.2 Å². The maximum atomic E-state index is 6.16. The average Bonchev–Trinajstić information content (AvgIpc) is 2.48. The van der Waals surface area contributed by atoms with Crippen molar-refractivity contribution < 1.29 is 4.74 Å². The lowest BCUT2D eigenvalue weighted by Crippen LogP contribution is -2.14. The van der Waals surface area contributed by atoms with Crippen LogP contribution in [0.15, 0.2) is 46.9 Å². The van der Waals surface area contributed by atoms with Crippen molar-refractivity contribution in [3.8, 4) is 5.75 Å². The Hall–Kier alpha value is -1.03. The van der Waals surface area contributed by atoms with E-state index in [4.69, 9.17) is 16.3 Å². The second-order valence-electron chi connectivity index (χ2n) is 4.81. The highest BCUT2D eigenvalue weighted by atomic mass is 79.9. The summed E-state index contributed by atoms with van der Waals surface area (Å²) < 4.78 is 7.00. The van der Waals surface area contributed by atoms with Crippen LogP contribution in [-0.2, 0) is 13.2 Å². The second kappa shape index (κ2) is 8.42. The molecule has 2 rings (SSSR count). The molecule has 0 atom stereocenters. The fraction of sp³-hybridized carbons (Fsp3) is 0.294. The molecule has 1 N–H and O–H groups in total. The van der Waals surface area contributed by atoms with Crippen LogP contribution in [0.3, 0.4) is 0 Å². The molecule has 0 unspecified atom stereocenters. The van der Waals surface area contributed by atoms with Crippen LogP contribution in [0.25, 0.3) is 0 Å². The highest BCUT2D eigenvalue weighted by molar-refractivity contribution is 9.10. The first kappa shape index (κ1) is 16.3. The molecule has 0 amide bonds. The maximum Gasteiger partial charge on any atom is 0.124 e. The van der Waals surface area contributed by atoms with Gasteiger partial charge >= 0.3 is 0 Å². The molecule has 0 aliphatic heterocycles. The molecule has 0 saturated carbocycles. The van der Waals surface area contributed by atoms with Gasteiger partial charge in [0.25, 0.3) is 0 Å². The number of halogens is 2. The van der Waals surface area contributed by atoms with Crippen LogP contribution in [0.4, 0.5) is 0 Å². The van der Waals surface area contributed by atoms with Crippen LogP contribution in [0.5, 0.6) is 5.75 Å². The number of hydrogen-bond donors (Lipinski definition) is 1. The first-order chi connectivity index (χ1) is 10.2. The van der Waals surface area contributed by atoms with Crippen LogP contribution >= 0.6 is 27.5 Å². The van der Waals surface area contributed by atoms with E-state index in [2.05, 4.69) is 34.2 Å². The topological polar surface area (TPSA) is 21.3 Å². The van der Waals surface area contributed by atoms with E-state index in [0.29, 0.717) is 6.61 Å². The molecule has 0 spiro atoms. The third-order valence-corrected chi connectivity index (χ3v) is 3.97. The summed E-state index contributed by atoms with van der Waals surface area (Å²) in [5.74, 6) is 0.890. The molecule has 2 aromatic rings. The van der Waals surface area contributed by atoms with Gasteiger partial charge in [-0.3, -0.25) is 0 Å². The summed E-state index contributed by atoms with van der Waals surface area (Å²) in [6.45, 7) is 4.42. The minimum absolute atomic E-state index is 0.474. The van der Waals surface area contributed by atoms with Crippen molar-refractivity contribution in [1.29, 1.82) is 0 Å². The third kappa shape index (κ3) is 5.03. The Morgan fingerprint density at radius 3 is 2.71 bits per heavy atom. The predicted molar refractivity (Wildman–Crippen MR) is 91.9 cm³/mol. The van der Waals surface area contributed by atoms with E-state index in [-0.39, 0.29) is 0 Å².